The smallest absolute Gasteiger partial charge is 0.325 e. The van der Waals surface area contributed by atoms with Gasteiger partial charge in [-0.05, 0) is 35.2 Å². The molecular weight excluding hydrogens is 406 g/mol. The molecule has 0 aliphatic carbocycles. The summed E-state index contributed by atoms with van der Waals surface area (Å²) in [4.78, 5) is 43.0. The molecule has 2 atom stereocenters. The number of aromatic nitrogens is 1. The van der Waals surface area contributed by atoms with Crippen molar-refractivity contribution in [2.24, 2.45) is 11.7 Å². The average Bonchev–Trinajstić information content (AvgIpc) is 2.80. The number of imide groups is 1. The van der Waals surface area contributed by atoms with Crippen LogP contribution in [0.1, 0.15) is 22.7 Å². The minimum atomic E-state index is -1.04. The molecule has 0 saturated carbocycles. The average molecular weight is 429 g/mol. The third-order valence-electron chi connectivity index (χ3n) is 5.56. The number of nitrogens with one attached hydrogen (secondary N) is 1. The highest BCUT2D eigenvalue weighted by atomic mass is 16.2. The van der Waals surface area contributed by atoms with Gasteiger partial charge in [0.15, 0.2) is 0 Å². The lowest BCUT2D eigenvalue weighted by Crippen LogP contribution is -2.70. The molecule has 0 radical (unpaired) electrons. The fourth-order valence-electron chi connectivity index (χ4n) is 4.02. The molecule has 8 heteroatoms. The number of nitrogen functional groups attached to an aromatic ring is 1. The van der Waals surface area contributed by atoms with Gasteiger partial charge in [-0.25, -0.2) is 9.78 Å². The van der Waals surface area contributed by atoms with Gasteiger partial charge in [0.1, 0.15) is 11.9 Å². The molecule has 1 aliphatic heterocycles. The highest BCUT2D eigenvalue weighted by molar-refractivity contribution is 6.08. The molecule has 32 heavy (non-hydrogen) atoms. The van der Waals surface area contributed by atoms with Crippen LogP contribution in [0.4, 0.5) is 10.6 Å². The molecule has 8 nitrogen and oxygen atoms in total. The molecular formula is C24H23N5O3. The van der Waals surface area contributed by atoms with E-state index in [0.717, 1.165) is 21.6 Å². The van der Waals surface area contributed by atoms with Crippen LogP contribution in [0.25, 0.3) is 0 Å². The van der Waals surface area contributed by atoms with Crippen molar-refractivity contribution in [3.63, 3.8) is 0 Å². The second-order valence-electron chi connectivity index (χ2n) is 7.66. The zero-order valence-electron chi connectivity index (χ0n) is 17.2. The SMILES string of the molecule is NC(=O)[C@@H]1[C@@H](Cc2ccnc(N)c2)C(=O)N1C(=O)NC(c1ccccc1)c1ccccc1. The summed E-state index contributed by atoms with van der Waals surface area (Å²) in [5, 5.41) is 2.89. The number of pyridine rings is 1. The van der Waals surface area contributed by atoms with Crippen LogP contribution in [-0.2, 0) is 16.0 Å². The molecule has 0 spiro atoms. The highest BCUT2D eigenvalue weighted by Crippen LogP contribution is 2.31. The summed E-state index contributed by atoms with van der Waals surface area (Å²) >= 11 is 0. The lowest BCUT2D eigenvalue weighted by molar-refractivity contribution is -0.156. The second-order valence-corrected chi connectivity index (χ2v) is 7.66. The first-order valence-electron chi connectivity index (χ1n) is 10.2. The lowest BCUT2D eigenvalue weighted by atomic mass is 9.82. The van der Waals surface area contributed by atoms with Crippen LogP contribution in [0.5, 0.6) is 0 Å². The van der Waals surface area contributed by atoms with Crippen LogP contribution in [0, 0.1) is 5.92 Å². The van der Waals surface area contributed by atoms with Crippen LogP contribution < -0.4 is 16.8 Å². The first-order chi connectivity index (χ1) is 15.5. The van der Waals surface area contributed by atoms with Crippen LogP contribution >= 0.6 is 0 Å². The van der Waals surface area contributed by atoms with Crippen molar-refractivity contribution < 1.29 is 14.4 Å². The molecule has 1 fully saturated rings. The van der Waals surface area contributed by atoms with Crippen LogP contribution in [0.2, 0.25) is 0 Å². The van der Waals surface area contributed by atoms with Crippen molar-refractivity contribution in [2.75, 3.05) is 5.73 Å². The zero-order valence-corrected chi connectivity index (χ0v) is 17.2. The van der Waals surface area contributed by atoms with Gasteiger partial charge in [0.05, 0.1) is 12.0 Å². The zero-order chi connectivity index (χ0) is 22.7. The monoisotopic (exact) mass is 429 g/mol. The maximum atomic E-state index is 13.1. The van der Waals surface area contributed by atoms with Gasteiger partial charge in [-0.3, -0.25) is 14.5 Å². The van der Waals surface area contributed by atoms with Crippen molar-refractivity contribution in [3.05, 3.63) is 95.7 Å². The molecule has 3 aromatic rings. The number of hydrogen-bond donors (Lipinski definition) is 3. The van der Waals surface area contributed by atoms with Gasteiger partial charge in [-0.1, -0.05) is 60.7 Å². The topological polar surface area (TPSA) is 131 Å². The standard InChI is InChI=1S/C24H23N5O3/c25-19-14-15(11-12-27-19)13-18-21(22(26)30)29(23(18)31)24(32)28-20(16-7-3-1-4-8-16)17-9-5-2-6-10-17/h1-12,14,18,20-21H,13H2,(H2,25,27)(H2,26,30)(H,28,32)/t18-,21+/m1/s1. The van der Waals surface area contributed by atoms with Gasteiger partial charge in [0.2, 0.25) is 11.8 Å². The molecule has 162 valence electrons. The number of carbonyl (C=O) groups excluding carboxylic acids is 3. The van der Waals surface area contributed by atoms with Crippen LogP contribution in [-0.4, -0.2) is 33.8 Å². The van der Waals surface area contributed by atoms with E-state index in [1.54, 1.807) is 12.1 Å². The Morgan fingerprint density at radius 2 is 1.59 bits per heavy atom. The number of urea groups is 1. The van der Waals surface area contributed by atoms with Crippen molar-refractivity contribution in [1.82, 2.24) is 15.2 Å². The number of benzene rings is 2. The van der Waals surface area contributed by atoms with Gasteiger partial charge < -0.3 is 16.8 Å². The van der Waals surface area contributed by atoms with E-state index >= 15 is 0 Å². The number of carbonyl (C=O) groups is 3. The van der Waals surface area contributed by atoms with E-state index in [1.807, 2.05) is 60.7 Å². The molecule has 4 rings (SSSR count). The number of anilines is 1. The molecule has 5 N–H and O–H groups in total. The van der Waals surface area contributed by atoms with Gasteiger partial charge in [0, 0.05) is 6.20 Å². The fraction of sp³-hybridized carbons (Fsp3) is 0.167. The van der Waals surface area contributed by atoms with E-state index in [9.17, 15) is 14.4 Å². The molecule has 0 bridgehead atoms. The quantitative estimate of drug-likeness (QED) is 0.516. The molecule has 0 unspecified atom stereocenters. The van der Waals surface area contributed by atoms with E-state index in [4.69, 9.17) is 11.5 Å². The Balaban J connectivity index is 1.56. The Labute approximate surface area is 185 Å². The Bertz CT molecular complexity index is 1100. The van der Waals surface area contributed by atoms with Crippen molar-refractivity contribution in [1.29, 1.82) is 0 Å². The second kappa shape index (κ2) is 8.89. The van der Waals surface area contributed by atoms with Gasteiger partial charge in [-0.2, -0.15) is 0 Å². The highest BCUT2D eigenvalue weighted by Gasteiger charge is 2.53. The fourth-order valence-corrected chi connectivity index (χ4v) is 4.02. The number of amides is 4. The number of β-lactam (4-membered cyclic amide) rings is 1. The van der Waals surface area contributed by atoms with E-state index in [2.05, 4.69) is 10.3 Å². The van der Waals surface area contributed by atoms with E-state index in [1.165, 1.54) is 6.20 Å². The molecule has 1 aliphatic rings. The Hall–Kier alpha value is -4.20. The summed E-state index contributed by atoms with van der Waals surface area (Å²) < 4.78 is 0. The minimum absolute atomic E-state index is 0.240. The van der Waals surface area contributed by atoms with E-state index in [-0.39, 0.29) is 6.42 Å². The number of rotatable bonds is 6. The predicted molar refractivity (Wildman–Crippen MR) is 119 cm³/mol. The van der Waals surface area contributed by atoms with Gasteiger partial charge in [-0.15, -0.1) is 0 Å². The summed E-state index contributed by atoms with van der Waals surface area (Å²) in [6.07, 6.45) is 1.77. The first kappa shape index (κ1) is 21.0. The number of nitrogens with two attached hydrogens (primary N) is 2. The number of nitrogens with zero attached hydrogens (tertiary/aromatic N) is 2. The molecule has 1 saturated heterocycles. The van der Waals surface area contributed by atoms with Crippen molar-refractivity contribution >= 4 is 23.7 Å². The Kier molecular flexibility index (Phi) is 5.85. The molecule has 4 amide bonds. The van der Waals surface area contributed by atoms with E-state index in [0.29, 0.717) is 5.82 Å². The summed E-state index contributed by atoms with van der Waals surface area (Å²) in [5.74, 6) is -1.61. The van der Waals surface area contributed by atoms with Crippen molar-refractivity contribution in [3.8, 4) is 0 Å². The maximum absolute atomic E-state index is 13.1. The van der Waals surface area contributed by atoms with E-state index < -0.39 is 35.8 Å². The molecule has 2 heterocycles. The van der Waals surface area contributed by atoms with Gasteiger partial charge in [0.25, 0.3) is 0 Å². The number of hydrogen-bond acceptors (Lipinski definition) is 5. The largest absolute Gasteiger partial charge is 0.384 e. The predicted octanol–water partition coefficient (Wildman–Crippen LogP) is 2.02. The number of likely N-dealkylation sites (tertiary alicyclic amines) is 1. The lowest BCUT2D eigenvalue weighted by Gasteiger charge is -2.44. The van der Waals surface area contributed by atoms with Crippen LogP contribution in [0.3, 0.4) is 0 Å². The molecule has 1 aromatic heterocycles. The summed E-state index contributed by atoms with van der Waals surface area (Å²) in [5.41, 5.74) is 13.7. The van der Waals surface area contributed by atoms with Crippen LogP contribution in [0.15, 0.2) is 79.0 Å². The van der Waals surface area contributed by atoms with Gasteiger partial charge >= 0.3 is 6.03 Å². The number of primary amides is 1. The Morgan fingerprint density at radius 1 is 1.00 bits per heavy atom. The Morgan fingerprint density at radius 3 is 2.12 bits per heavy atom. The minimum Gasteiger partial charge on any atom is -0.384 e. The maximum Gasteiger partial charge on any atom is 0.325 e. The first-order valence-corrected chi connectivity index (χ1v) is 10.2. The summed E-state index contributed by atoms with van der Waals surface area (Å²) in [6, 6.07) is 19.9. The third kappa shape index (κ3) is 4.15. The summed E-state index contributed by atoms with van der Waals surface area (Å²) in [7, 11) is 0. The summed E-state index contributed by atoms with van der Waals surface area (Å²) in [6.45, 7) is 0. The normalized spacial score (nSPS) is 17.7. The third-order valence-corrected chi connectivity index (χ3v) is 5.56. The molecule has 2 aromatic carbocycles. The van der Waals surface area contributed by atoms with Crippen molar-refractivity contribution in [2.45, 2.75) is 18.5 Å².